The van der Waals surface area contributed by atoms with Gasteiger partial charge in [-0.1, -0.05) is 26.7 Å². The smallest absolute Gasteiger partial charge is 0.0548 e. The van der Waals surface area contributed by atoms with Crippen molar-refractivity contribution >= 4 is 0 Å². The lowest BCUT2D eigenvalue weighted by molar-refractivity contribution is -0.103. The first-order valence-electron chi connectivity index (χ1n) is 9.21. The van der Waals surface area contributed by atoms with Crippen molar-refractivity contribution in [1.29, 1.82) is 0 Å². The first-order valence-corrected chi connectivity index (χ1v) is 9.21. The van der Waals surface area contributed by atoms with Gasteiger partial charge in [-0.2, -0.15) is 0 Å². The number of hydrogen-bond donors (Lipinski definition) is 1. The highest BCUT2D eigenvalue weighted by Gasteiger charge is 2.58. The zero-order chi connectivity index (χ0) is 14.0. The quantitative estimate of drug-likeness (QED) is 0.675. The maximum absolute atomic E-state index is 10.2. The Balaban J connectivity index is 1.64. The molecule has 1 heteroatoms. The topological polar surface area (TPSA) is 20.2 Å². The molecule has 0 radical (unpaired) electrons. The fraction of sp³-hybridized carbons (Fsp3) is 1.00. The summed E-state index contributed by atoms with van der Waals surface area (Å²) >= 11 is 0. The molecular weight excluding hydrogens is 244 g/mol. The lowest BCUT2D eigenvalue weighted by Crippen LogP contribution is -2.51. The molecule has 1 nitrogen and oxygen atoms in total. The molecule has 0 bridgehead atoms. The van der Waals surface area contributed by atoms with Crippen LogP contribution in [0.3, 0.4) is 0 Å². The van der Waals surface area contributed by atoms with Gasteiger partial charge >= 0.3 is 0 Å². The summed E-state index contributed by atoms with van der Waals surface area (Å²) in [7, 11) is 0. The molecule has 0 saturated heterocycles. The molecule has 4 aliphatic carbocycles. The monoisotopic (exact) mass is 276 g/mol. The highest BCUT2D eigenvalue weighted by molar-refractivity contribution is 5.07. The number of aliphatic hydroxyl groups excluding tert-OH is 1. The van der Waals surface area contributed by atoms with Gasteiger partial charge < -0.3 is 5.11 Å². The molecule has 0 aromatic carbocycles. The van der Waals surface area contributed by atoms with Crippen LogP contribution in [0.4, 0.5) is 0 Å². The molecule has 4 rings (SSSR count). The normalized spacial score (nSPS) is 58.6. The molecule has 0 spiro atoms. The van der Waals surface area contributed by atoms with E-state index in [4.69, 9.17) is 0 Å². The predicted octanol–water partition coefficient (Wildman–Crippen LogP) is 4.78. The van der Waals surface area contributed by atoms with Crippen LogP contribution in [-0.4, -0.2) is 11.2 Å². The minimum Gasteiger partial charge on any atom is -0.393 e. The number of hydrogen-bond acceptors (Lipinski definition) is 1. The van der Waals surface area contributed by atoms with Crippen LogP contribution in [0.5, 0.6) is 0 Å². The summed E-state index contributed by atoms with van der Waals surface area (Å²) < 4.78 is 0. The van der Waals surface area contributed by atoms with Crippen LogP contribution in [0.25, 0.3) is 0 Å². The van der Waals surface area contributed by atoms with Crippen molar-refractivity contribution in [3.8, 4) is 0 Å². The first-order chi connectivity index (χ1) is 9.53. The van der Waals surface area contributed by atoms with Crippen LogP contribution < -0.4 is 0 Å². The Bertz CT molecular complexity index is 391. The maximum Gasteiger partial charge on any atom is 0.0548 e. The zero-order valence-electron chi connectivity index (χ0n) is 13.4. The van der Waals surface area contributed by atoms with Crippen molar-refractivity contribution in [2.45, 2.75) is 84.2 Å². The molecule has 0 aromatic rings. The lowest BCUT2D eigenvalue weighted by atomic mass is 9.45. The van der Waals surface area contributed by atoms with Gasteiger partial charge in [-0.3, -0.25) is 0 Å². The second kappa shape index (κ2) is 4.48. The van der Waals surface area contributed by atoms with Crippen LogP contribution in [0.15, 0.2) is 0 Å². The molecule has 2 unspecified atom stereocenters. The summed E-state index contributed by atoms with van der Waals surface area (Å²) in [6.07, 6.45) is 13.9. The van der Waals surface area contributed by atoms with E-state index in [1.165, 1.54) is 51.4 Å². The van der Waals surface area contributed by atoms with Crippen LogP contribution >= 0.6 is 0 Å². The van der Waals surface area contributed by atoms with Gasteiger partial charge in [-0.15, -0.1) is 0 Å². The molecule has 114 valence electrons. The molecule has 0 aromatic heterocycles. The molecule has 0 aliphatic heterocycles. The van der Waals surface area contributed by atoms with Gasteiger partial charge in [-0.05, 0) is 85.9 Å². The third-order valence-corrected chi connectivity index (χ3v) is 8.33. The van der Waals surface area contributed by atoms with Gasteiger partial charge in [0.25, 0.3) is 0 Å². The van der Waals surface area contributed by atoms with Gasteiger partial charge in [0.05, 0.1) is 6.10 Å². The van der Waals surface area contributed by atoms with Crippen molar-refractivity contribution < 1.29 is 5.11 Å². The fourth-order valence-electron chi connectivity index (χ4n) is 7.32. The Kier molecular flexibility index (Phi) is 3.05. The Morgan fingerprint density at radius 1 is 0.900 bits per heavy atom. The van der Waals surface area contributed by atoms with Crippen LogP contribution in [-0.2, 0) is 0 Å². The molecule has 7 atom stereocenters. The van der Waals surface area contributed by atoms with E-state index in [0.717, 1.165) is 36.5 Å². The highest BCUT2D eigenvalue weighted by atomic mass is 16.3. The van der Waals surface area contributed by atoms with Crippen LogP contribution in [0.1, 0.15) is 78.1 Å². The van der Waals surface area contributed by atoms with E-state index in [0.29, 0.717) is 10.8 Å². The Labute approximate surface area is 124 Å². The van der Waals surface area contributed by atoms with Crippen molar-refractivity contribution in [1.82, 2.24) is 0 Å². The maximum atomic E-state index is 10.2. The Hall–Kier alpha value is -0.0400. The Morgan fingerprint density at radius 2 is 1.75 bits per heavy atom. The average molecular weight is 276 g/mol. The number of rotatable bonds is 0. The van der Waals surface area contributed by atoms with E-state index >= 15 is 0 Å². The molecule has 0 amide bonds. The summed E-state index contributed by atoms with van der Waals surface area (Å²) in [5.41, 5.74) is 1.12. The van der Waals surface area contributed by atoms with E-state index in [9.17, 15) is 5.11 Å². The van der Waals surface area contributed by atoms with Gasteiger partial charge in [-0.25, -0.2) is 0 Å². The fourth-order valence-corrected chi connectivity index (χ4v) is 7.32. The van der Waals surface area contributed by atoms with Gasteiger partial charge in [0.1, 0.15) is 0 Å². The molecular formula is C19H32O. The summed E-state index contributed by atoms with van der Waals surface area (Å²) in [5, 5.41) is 10.2. The van der Waals surface area contributed by atoms with Crippen molar-refractivity contribution in [3.05, 3.63) is 0 Å². The molecule has 1 N–H and O–H groups in total. The number of fused-ring (bicyclic) bond motifs is 5. The molecule has 4 aliphatic rings. The predicted molar refractivity (Wildman–Crippen MR) is 82.4 cm³/mol. The first kappa shape index (κ1) is 13.6. The summed E-state index contributed by atoms with van der Waals surface area (Å²) in [5.74, 6) is 3.76. The molecule has 4 saturated carbocycles. The largest absolute Gasteiger partial charge is 0.393 e. The highest BCUT2D eigenvalue weighted by Crippen LogP contribution is 2.66. The van der Waals surface area contributed by atoms with Crippen LogP contribution in [0, 0.1) is 34.5 Å². The van der Waals surface area contributed by atoms with E-state index in [-0.39, 0.29) is 6.10 Å². The molecule has 20 heavy (non-hydrogen) atoms. The second-order valence-electron chi connectivity index (χ2n) is 9.19. The van der Waals surface area contributed by atoms with E-state index in [1.807, 2.05) is 0 Å². The van der Waals surface area contributed by atoms with E-state index in [2.05, 4.69) is 13.8 Å². The Morgan fingerprint density at radius 3 is 2.60 bits per heavy atom. The van der Waals surface area contributed by atoms with E-state index in [1.54, 1.807) is 0 Å². The minimum absolute atomic E-state index is 0.000588. The number of aliphatic hydroxyl groups is 1. The zero-order valence-corrected chi connectivity index (χ0v) is 13.4. The third-order valence-electron chi connectivity index (χ3n) is 8.33. The standard InChI is InChI=1S/C19H32O/c1-18-10-8-16-15(17(18)11-14(20)12-18)7-6-13-5-3-4-9-19(13,16)2/h13-17,20H,3-12H2,1-2H3/t13?,14?,15-,16-,17+,18-,19+/m1/s1. The third kappa shape index (κ3) is 1.77. The summed E-state index contributed by atoms with van der Waals surface area (Å²) in [6, 6.07) is 0. The van der Waals surface area contributed by atoms with Crippen molar-refractivity contribution in [3.63, 3.8) is 0 Å². The summed E-state index contributed by atoms with van der Waals surface area (Å²) in [4.78, 5) is 0. The summed E-state index contributed by atoms with van der Waals surface area (Å²) in [6.45, 7) is 5.13. The van der Waals surface area contributed by atoms with Crippen LogP contribution in [0.2, 0.25) is 0 Å². The second-order valence-corrected chi connectivity index (χ2v) is 9.19. The molecule has 0 heterocycles. The van der Waals surface area contributed by atoms with Gasteiger partial charge in [0.15, 0.2) is 0 Å². The minimum atomic E-state index is 0.000588. The van der Waals surface area contributed by atoms with Crippen molar-refractivity contribution in [2.75, 3.05) is 0 Å². The van der Waals surface area contributed by atoms with E-state index < -0.39 is 0 Å². The van der Waals surface area contributed by atoms with Gasteiger partial charge in [0, 0.05) is 0 Å². The lowest BCUT2D eigenvalue weighted by Gasteiger charge is -2.60. The average Bonchev–Trinajstić information content (AvgIpc) is 2.72. The SMILES string of the molecule is C[C@]12CC[C@@H]3[C@@H](CCC4CCCC[C@@]43C)[C@@H]1CC(O)C2. The van der Waals surface area contributed by atoms with Crippen molar-refractivity contribution in [2.24, 2.45) is 34.5 Å². The molecule has 4 fully saturated rings. The van der Waals surface area contributed by atoms with Gasteiger partial charge in [0.2, 0.25) is 0 Å².